The van der Waals surface area contributed by atoms with Crippen molar-refractivity contribution in [3.05, 3.63) is 35.9 Å². The number of carbonyl (C=O) groups excluding carboxylic acids is 1. The number of aryl methyl sites for hydroxylation is 2. The van der Waals surface area contributed by atoms with E-state index < -0.39 is 0 Å². The normalized spacial score (nSPS) is 10.8. The van der Waals surface area contributed by atoms with E-state index in [1.165, 1.54) is 0 Å². The van der Waals surface area contributed by atoms with Gasteiger partial charge < -0.3 is 10.6 Å². The zero-order valence-corrected chi connectivity index (χ0v) is 11.7. The van der Waals surface area contributed by atoms with E-state index in [4.69, 9.17) is 0 Å². The molecule has 21 heavy (non-hydrogen) atoms. The molecule has 0 spiro atoms. The molecule has 3 N–H and O–H groups in total. The van der Waals surface area contributed by atoms with Crippen LogP contribution in [0.1, 0.15) is 11.4 Å². The third kappa shape index (κ3) is 2.69. The molecule has 0 fully saturated rings. The Morgan fingerprint density at radius 2 is 2.33 bits per heavy atom. The number of carbonyl (C=O) groups is 1. The lowest BCUT2D eigenvalue weighted by molar-refractivity contribution is 0.251. The summed E-state index contributed by atoms with van der Waals surface area (Å²) in [6.45, 7) is 2.29. The number of aromatic nitrogens is 5. The summed E-state index contributed by atoms with van der Waals surface area (Å²) in [6, 6.07) is 3.36. The molecule has 0 bridgehead atoms. The number of rotatable bonds is 3. The van der Waals surface area contributed by atoms with Crippen LogP contribution in [0.15, 0.2) is 24.5 Å². The fourth-order valence-electron chi connectivity index (χ4n) is 2.11. The van der Waals surface area contributed by atoms with Gasteiger partial charge in [0.1, 0.15) is 0 Å². The molecular formula is C13H15N7O. The summed E-state index contributed by atoms with van der Waals surface area (Å²) in [5.41, 5.74) is 3.12. The molecule has 0 aromatic carbocycles. The molecule has 8 heteroatoms. The number of anilines is 1. The van der Waals surface area contributed by atoms with Crippen LogP contribution in [0.4, 0.5) is 10.5 Å². The second-order valence-corrected chi connectivity index (χ2v) is 4.69. The minimum Gasteiger partial charge on any atom is -0.332 e. The zero-order chi connectivity index (χ0) is 14.8. The minimum absolute atomic E-state index is 0.299. The number of urea groups is 1. The summed E-state index contributed by atoms with van der Waals surface area (Å²) in [6.07, 6.45) is 3.25. The second-order valence-electron chi connectivity index (χ2n) is 4.69. The highest BCUT2D eigenvalue weighted by Crippen LogP contribution is 2.19. The Morgan fingerprint density at radius 1 is 1.48 bits per heavy atom. The molecule has 0 aliphatic rings. The van der Waals surface area contributed by atoms with Crippen LogP contribution in [-0.4, -0.2) is 31.0 Å². The number of hydrogen-bond acceptors (Lipinski definition) is 4. The third-order valence-electron chi connectivity index (χ3n) is 3.12. The van der Waals surface area contributed by atoms with Gasteiger partial charge in [-0.3, -0.25) is 9.78 Å². The average molecular weight is 285 g/mol. The molecule has 0 unspecified atom stereocenters. The first kappa shape index (κ1) is 13.1. The average Bonchev–Trinajstić information content (AvgIpc) is 3.06. The molecule has 3 rings (SSSR count). The van der Waals surface area contributed by atoms with Gasteiger partial charge in [-0.25, -0.2) is 9.78 Å². The molecule has 3 aromatic rings. The van der Waals surface area contributed by atoms with Crippen molar-refractivity contribution in [2.45, 2.75) is 13.5 Å². The van der Waals surface area contributed by atoms with E-state index in [1.54, 1.807) is 23.1 Å². The first-order chi connectivity index (χ1) is 10.1. The second kappa shape index (κ2) is 5.23. The molecule has 0 saturated carbocycles. The standard InChI is InChI=1S/C13H15N7O/c1-8-11-5-10(7-14-12(11)20(2)19-8)17-13(21)15-6-9-3-4-16-18-9/h3-5,7H,6H2,1-2H3,(H,16,18)(H2,15,17,21). The van der Waals surface area contributed by atoms with E-state index in [1.807, 2.05) is 20.0 Å². The van der Waals surface area contributed by atoms with Gasteiger partial charge >= 0.3 is 6.03 Å². The Labute approximate surface area is 120 Å². The molecule has 0 radical (unpaired) electrons. The van der Waals surface area contributed by atoms with Crippen molar-refractivity contribution in [1.82, 2.24) is 30.3 Å². The maximum Gasteiger partial charge on any atom is 0.319 e. The molecule has 108 valence electrons. The van der Waals surface area contributed by atoms with Gasteiger partial charge in [0, 0.05) is 18.6 Å². The van der Waals surface area contributed by atoms with Gasteiger partial charge in [-0.2, -0.15) is 10.2 Å². The monoisotopic (exact) mass is 285 g/mol. The van der Waals surface area contributed by atoms with E-state index in [2.05, 4.69) is 30.9 Å². The maximum atomic E-state index is 11.8. The van der Waals surface area contributed by atoms with Crippen molar-refractivity contribution < 1.29 is 4.79 Å². The molecular weight excluding hydrogens is 270 g/mol. The first-order valence-corrected chi connectivity index (χ1v) is 6.46. The molecule has 0 aliphatic carbocycles. The number of nitrogens with zero attached hydrogens (tertiary/aromatic N) is 4. The van der Waals surface area contributed by atoms with Crippen molar-refractivity contribution in [2.24, 2.45) is 7.05 Å². The van der Waals surface area contributed by atoms with E-state index in [9.17, 15) is 4.79 Å². The lowest BCUT2D eigenvalue weighted by Gasteiger charge is -2.06. The highest BCUT2D eigenvalue weighted by Gasteiger charge is 2.08. The smallest absolute Gasteiger partial charge is 0.319 e. The number of fused-ring (bicyclic) bond motifs is 1. The fourth-order valence-corrected chi connectivity index (χ4v) is 2.11. The van der Waals surface area contributed by atoms with Crippen LogP contribution >= 0.6 is 0 Å². The first-order valence-electron chi connectivity index (χ1n) is 6.46. The lowest BCUT2D eigenvalue weighted by Crippen LogP contribution is -2.28. The van der Waals surface area contributed by atoms with Crippen molar-refractivity contribution >= 4 is 22.8 Å². The maximum absolute atomic E-state index is 11.8. The number of amides is 2. The Morgan fingerprint density at radius 3 is 3.10 bits per heavy atom. The number of aromatic amines is 1. The number of hydrogen-bond donors (Lipinski definition) is 3. The van der Waals surface area contributed by atoms with Crippen LogP contribution in [0.2, 0.25) is 0 Å². The third-order valence-corrected chi connectivity index (χ3v) is 3.12. The van der Waals surface area contributed by atoms with Crippen LogP contribution in [0.3, 0.4) is 0 Å². The zero-order valence-electron chi connectivity index (χ0n) is 11.7. The van der Waals surface area contributed by atoms with Crippen molar-refractivity contribution in [3.63, 3.8) is 0 Å². The van der Waals surface area contributed by atoms with Crippen LogP contribution in [0.25, 0.3) is 11.0 Å². The summed E-state index contributed by atoms with van der Waals surface area (Å²) in [7, 11) is 1.84. The molecule has 3 heterocycles. The Bertz CT molecular complexity index is 775. The highest BCUT2D eigenvalue weighted by atomic mass is 16.2. The van der Waals surface area contributed by atoms with E-state index >= 15 is 0 Å². The quantitative estimate of drug-likeness (QED) is 0.675. The van der Waals surface area contributed by atoms with E-state index in [-0.39, 0.29) is 6.03 Å². The Hall–Kier alpha value is -2.90. The van der Waals surface area contributed by atoms with Gasteiger partial charge in [0.2, 0.25) is 0 Å². The molecule has 0 saturated heterocycles. The van der Waals surface area contributed by atoms with Crippen LogP contribution in [0, 0.1) is 6.92 Å². The van der Waals surface area contributed by atoms with E-state index in [0.29, 0.717) is 12.2 Å². The van der Waals surface area contributed by atoms with Gasteiger partial charge in [-0.1, -0.05) is 0 Å². The molecule has 2 amide bonds. The van der Waals surface area contributed by atoms with Crippen LogP contribution in [0.5, 0.6) is 0 Å². The SMILES string of the molecule is Cc1nn(C)c2ncc(NC(=O)NCc3ccn[nH]3)cc12. The lowest BCUT2D eigenvalue weighted by atomic mass is 10.2. The highest BCUT2D eigenvalue weighted by molar-refractivity contribution is 5.91. The summed E-state index contributed by atoms with van der Waals surface area (Å²) in [4.78, 5) is 16.1. The summed E-state index contributed by atoms with van der Waals surface area (Å²) >= 11 is 0. The summed E-state index contributed by atoms with van der Waals surface area (Å²) in [5, 5.41) is 17.3. The fraction of sp³-hybridized carbons (Fsp3) is 0.231. The molecule has 0 atom stereocenters. The number of pyridine rings is 1. The topological polar surface area (TPSA) is 101 Å². The van der Waals surface area contributed by atoms with Crippen LogP contribution in [-0.2, 0) is 13.6 Å². The van der Waals surface area contributed by atoms with Crippen LogP contribution < -0.4 is 10.6 Å². The molecule has 0 aliphatic heterocycles. The van der Waals surface area contributed by atoms with Gasteiger partial charge in [0.25, 0.3) is 0 Å². The predicted octanol–water partition coefficient (Wildman–Crippen LogP) is 1.32. The summed E-state index contributed by atoms with van der Waals surface area (Å²) < 4.78 is 1.72. The van der Waals surface area contributed by atoms with Gasteiger partial charge in [-0.05, 0) is 19.1 Å². The molecule has 3 aromatic heterocycles. The van der Waals surface area contributed by atoms with E-state index in [0.717, 1.165) is 22.4 Å². The Kier molecular flexibility index (Phi) is 3.27. The van der Waals surface area contributed by atoms with Crippen molar-refractivity contribution in [1.29, 1.82) is 0 Å². The number of nitrogens with one attached hydrogen (secondary N) is 3. The predicted molar refractivity (Wildman–Crippen MR) is 77.7 cm³/mol. The summed E-state index contributed by atoms with van der Waals surface area (Å²) in [5.74, 6) is 0. The minimum atomic E-state index is -0.299. The molecule has 8 nitrogen and oxygen atoms in total. The van der Waals surface area contributed by atoms with Gasteiger partial charge in [0.05, 0.1) is 29.8 Å². The number of H-pyrrole nitrogens is 1. The van der Waals surface area contributed by atoms with Gasteiger partial charge in [0.15, 0.2) is 5.65 Å². The van der Waals surface area contributed by atoms with Crippen molar-refractivity contribution in [3.8, 4) is 0 Å². The van der Waals surface area contributed by atoms with Crippen molar-refractivity contribution in [2.75, 3.05) is 5.32 Å². The largest absolute Gasteiger partial charge is 0.332 e. The van der Waals surface area contributed by atoms with Gasteiger partial charge in [-0.15, -0.1) is 0 Å². The Balaban J connectivity index is 1.69.